The van der Waals surface area contributed by atoms with E-state index in [2.05, 4.69) is 29.8 Å². The number of carbonyl (C=O) groups excluding carboxylic acids is 4. The number of carbonyl (C=O) groups is 4. The summed E-state index contributed by atoms with van der Waals surface area (Å²) in [6.07, 6.45) is 2.76. The van der Waals surface area contributed by atoms with Gasteiger partial charge in [0.25, 0.3) is 0 Å². The third kappa shape index (κ3) is 12.8. The second-order valence-electron chi connectivity index (χ2n) is 9.74. The molecule has 0 radical (unpaired) electrons. The maximum absolute atomic E-state index is 13.1. The number of aliphatic hydroxyl groups excluding tert-OH is 1. The highest BCUT2D eigenvalue weighted by Gasteiger charge is 2.30. The van der Waals surface area contributed by atoms with Crippen LogP contribution in [0.15, 0.2) is 0 Å². The molecular weight excluding hydrogens is 464 g/mol. The molecule has 0 aliphatic rings. The Morgan fingerprint density at radius 3 is 2.06 bits per heavy atom. The summed E-state index contributed by atoms with van der Waals surface area (Å²) in [6, 6.07) is -2.84. The van der Waals surface area contributed by atoms with E-state index >= 15 is 0 Å². The number of amides is 3. The second-order valence-corrected chi connectivity index (χ2v) is 9.74. The number of ketones is 1. The van der Waals surface area contributed by atoms with Crippen LogP contribution in [0.1, 0.15) is 73.1 Å². The molecule has 0 spiro atoms. The number of nitrogens with two attached hydrogens (primary N) is 2. The van der Waals surface area contributed by atoms with Crippen molar-refractivity contribution < 1.29 is 24.3 Å². The van der Waals surface area contributed by atoms with Crippen molar-refractivity contribution in [1.82, 2.24) is 20.9 Å². The molecule has 0 aliphatic carbocycles. The summed E-state index contributed by atoms with van der Waals surface area (Å²) in [7, 11) is 1.60. The largest absolute Gasteiger partial charge is 0.391 e. The van der Waals surface area contributed by atoms with E-state index in [0.29, 0.717) is 18.8 Å². The number of nitrogens with one attached hydrogen (secondary N) is 3. The number of hydrogen-bond donors (Lipinski definition) is 6. The van der Waals surface area contributed by atoms with Crippen molar-refractivity contribution in [3.63, 3.8) is 0 Å². The Labute approximate surface area is 216 Å². The zero-order valence-electron chi connectivity index (χ0n) is 23.0. The van der Waals surface area contributed by atoms with Gasteiger partial charge in [-0.25, -0.2) is 0 Å². The minimum Gasteiger partial charge on any atom is -0.391 e. The molecule has 0 aromatic rings. The van der Waals surface area contributed by atoms with Gasteiger partial charge in [0.05, 0.1) is 24.2 Å². The van der Waals surface area contributed by atoms with Gasteiger partial charge < -0.3 is 37.4 Å². The highest BCUT2D eigenvalue weighted by Crippen LogP contribution is 2.13. The monoisotopic (exact) mass is 514 g/mol. The van der Waals surface area contributed by atoms with Gasteiger partial charge in [0.15, 0.2) is 5.78 Å². The van der Waals surface area contributed by atoms with E-state index in [0.717, 1.165) is 19.3 Å². The lowest BCUT2D eigenvalue weighted by Crippen LogP contribution is -2.58. The van der Waals surface area contributed by atoms with Crippen LogP contribution in [0.3, 0.4) is 0 Å². The Balaban J connectivity index is 5.21. The van der Waals surface area contributed by atoms with Gasteiger partial charge in [-0.05, 0) is 59.0 Å². The Morgan fingerprint density at radius 2 is 1.56 bits per heavy atom. The fourth-order valence-corrected chi connectivity index (χ4v) is 3.61. The number of nitrogens with zero attached hydrogens (tertiary/aromatic N) is 1. The molecule has 11 nitrogen and oxygen atoms in total. The summed E-state index contributed by atoms with van der Waals surface area (Å²) in [5.41, 5.74) is 11.4. The summed E-state index contributed by atoms with van der Waals surface area (Å²) in [4.78, 5) is 51.3. The number of rotatable bonds is 19. The van der Waals surface area contributed by atoms with Gasteiger partial charge in [-0.2, -0.15) is 0 Å². The third-order valence-corrected chi connectivity index (χ3v) is 6.62. The van der Waals surface area contributed by atoms with Gasteiger partial charge >= 0.3 is 0 Å². The average Bonchev–Trinajstić information content (AvgIpc) is 2.82. The van der Waals surface area contributed by atoms with E-state index in [-0.39, 0.29) is 43.7 Å². The second kappa shape index (κ2) is 18.2. The fraction of sp³-hybridized carbons (Fsp3) is 0.840. The predicted molar refractivity (Wildman–Crippen MR) is 141 cm³/mol. The topological polar surface area (TPSA) is 180 Å². The molecule has 0 aliphatic heterocycles. The van der Waals surface area contributed by atoms with Crippen molar-refractivity contribution in [3.8, 4) is 0 Å². The molecule has 11 heteroatoms. The SMILES string of the molecule is CC[C@H](C)CCCC(=O)N(C)[C@@H](CCN)C(=O)N[C@H](CN[C@@H](CCN)C(=O)N[C@@H](C)C(C)=O)C(C)O. The maximum atomic E-state index is 13.1. The Bertz CT molecular complexity index is 690. The molecule has 8 N–H and O–H groups in total. The minimum atomic E-state index is -0.936. The Morgan fingerprint density at radius 1 is 0.944 bits per heavy atom. The summed E-state index contributed by atoms with van der Waals surface area (Å²) in [5, 5.41) is 18.7. The molecular formula is C25H50N6O5. The van der Waals surface area contributed by atoms with E-state index in [1.807, 2.05) is 0 Å². The highest BCUT2D eigenvalue weighted by atomic mass is 16.3. The molecule has 0 rings (SSSR count). The van der Waals surface area contributed by atoms with Gasteiger partial charge in [0, 0.05) is 20.0 Å². The summed E-state index contributed by atoms with van der Waals surface area (Å²) in [6.45, 7) is 9.31. The summed E-state index contributed by atoms with van der Waals surface area (Å²) in [5.74, 6) is -0.564. The van der Waals surface area contributed by atoms with Gasteiger partial charge in [-0.15, -0.1) is 0 Å². The number of hydrogen-bond acceptors (Lipinski definition) is 8. The molecule has 0 saturated heterocycles. The van der Waals surface area contributed by atoms with Crippen molar-refractivity contribution in [3.05, 3.63) is 0 Å². The first-order chi connectivity index (χ1) is 16.9. The summed E-state index contributed by atoms with van der Waals surface area (Å²) >= 11 is 0. The average molecular weight is 515 g/mol. The third-order valence-electron chi connectivity index (χ3n) is 6.62. The lowest BCUT2D eigenvalue weighted by Gasteiger charge is -2.31. The first-order valence-electron chi connectivity index (χ1n) is 13.1. The molecule has 36 heavy (non-hydrogen) atoms. The van der Waals surface area contributed by atoms with E-state index in [4.69, 9.17) is 11.5 Å². The minimum absolute atomic E-state index is 0.0812. The molecule has 0 saturated carbocycles. The molecule has 3 amide bonds. The van der Waals surface area contributed by atoms with Crippen molar-refractivity contribution >= 4 is 23.5 Å². The van der Waals surface area contributed by atoms with Crippen LogP contribution in [0, 0.1) is 5.92 Å². The number of Topliss-reactive ketones (excluding diaryl/α,β-unsaturated/α-hetero) is 1. The van der Waals surface area contributed by atoms with Crippen LogP contribution in [0.25, 0.3) is 0 Å². The van der Waals surface area contributed by atoms with Gasteiger partial charge in [-0.3, -0.25) is 19.2 Å². The molecule has 1 unspecified atom stereocenters. The van der Waals surface area contributed by atoms with Crippen LogP contribution < -0.4 is 27.4 Å². The first kappa shape index (κ1) is 33.9. The molecule has 6 atom stereocenters. The van der Waals surface area contributed by atoms with E-state index < -0.39 is 36.2 Å². The van der Waals surface area contributed by atoms with Crippen molar-refractivity contribution in [1.29, 1.82) is 0 Å². The number of likely N-dealkylation sites (N-methyl/N-ethyl adjacent to an activating group) is 1. The zero-order chi connectivity index (χ0) is 27.8. The molecule has 0 heterocycles. The summed E-state index contributed by atoms with van der Waals surface area (Å²) < 4.78 is 0. The van der Waals surface area contributed by atoms with Gasteiger partial charge in [-0.1, -0.05) is 26.7 Å². The maximum Gasteiger partial charge on any atom is 0.243 e. The normalized spacial score (nSPS) is 16.2. The predicted octanol–water partition coefficient (Wildman–Crippen LogP) is -0.355. The van der Waals surface area contributed by atoms with E-state index in [1.165, 1.54) is 18.7 Å². The number of aliphatic hydroxyl groups is 1. The van der Waals surface area contributed by atoms with Crippen LogP contribution in [-0.2, 0) is 19.2 Å². The van der Waals surface area contributed by atoms with Crippen LogP contribution in [0.2, 0.25) is 0 Å². The lowest BCUT2D eigenvalue weighted by molar-refractivity contribution is -0.139. The standard InChI is InChI=1S/C25H50N6O5/c1-7-16(2)9-8-10-23(34)31(6)22(12-14-27)25(36)30-21(19(5)33)15-28-20(11-13-26)24(35)29-17(3)18(4)32/h16-17,19-22,28,33H,7-15,26-27H2,1-6H3,(H,29,35)(H,30,36)/t16-,17-,19?,20-,21+,22-/m0/s1. The fourth-order valence-electron chi connectivity index (χ4n) is 3.61. The van der Waals surface area contributed by atoms with Crippen LogP contribution >= 0.6 is 0 Å². The first-order valence-corrected chi connectivity index (χ1v) is 13.1. The Hall–Kier alpha value is -2.08. The van der Waals surface area contributed by atoms with E-state index in [9.17, 15) is 24.3 Å². The smallest absolute Gasteiger partial charge is 0.243 e. The molecule has 0 aromatic carbocycles. The van der Waals surface area contributed by atoms with Crippen LogP contribution in [0.4, 0.5) is 0 Å². The van der Waals surface area contributed by atoms with Crippen molar-refractivity contribution in [2.75, 3.05) is 26.7 Å². The molecule has 0 aromatic heterocycles. The van der Waals surface area contributed by atoms with Crippen LogP contribution in [0.5, 0.6) is 0 Å². The Kier molecular flexibility index (Phi) is 17.2. The van der Waals surface area contributed by atoms with Crippen molar-refractivity contribution in [2.24, 2.45) is 17.4 Å². The van der Waals surface area contributed by atoms with Gasteiger partial charge in [0.1, 0.15) is 6.04 Å². The van der Waals surface area contributed by atoms with Gasteiger partial charge in [0.2, 0.25) is 17.7 Å². The lowest BCUT2D eigenvalue weighted by atomic mass is 10.0. The zero-order valence-corrected chi connectivity index (χ0v) is 23.0. The molecule has 0 bridgehead atoms. The molecule has 0 fully saturated rings. The van der Waals surface area contributed by atoms with E-state index in [1.54, 1.807) is 14.0 Å². The quantitative estimate of drug-likeness (QED) is 0.135. The molecule has 210 valence electrons. The van der Waals surface area contributed by atoms with Crippen LogP contribution in [-0.4, -0.2) is 90.5 Å². The highest BCUT2D eigenvalue weighted by molar-refractivity contribution is 5.89. The van der Waals surface area contributed by atoms with Crippen molar-refractivity contribution in [2.45, 2.75) is 103 Å².